The van der Waals surface area contributed by atoms with Crippen molar-refractivity contribution in [2.24, 2.45) is 5.92 Å². The molecule has 0 amide bonds. The molecule has 1 aromatic heterocycles. The van der Waals surface area contributed by atoms with Crippen LogP contribution in [0.2, 0.25) is 0 Å². The third-order valence-corrected chi connectivity index (χ3v) is 4.07. The van der Waals surface area contributed by atoms with Gasteiger partial charge in [-0.25, -0.2) is 0 Å². The molecule has 0 saturated heterocycles. The molecule has 0 spiro atoms. The first-order valence-electron chi connectivity index (χ1n) is 7.79. The molecule has 0 bridgehead atoms. The molecular weight excluding hydrogens is 262 g/mol. The predicted molar refractivity (Wildman–Crippen MR) is 83.2 cm³/mol. The monoisotopic (exact) mass is 285 g/mol. The molecule has 2 aromatic rings. The Morgan fingerprint density at radius 3 is 2.95 bits per heavy atom. The Hall–Kier alpha value is -1.84. The van der Waals surface area contributed by atoms with Gasteiger partial charge in [0.05, 0.1) is 6.54 Å². The quantitative estimate of drug-likeness (QED) is 0.860. The fraction of sp³-hybridized carbons (Fsp3) is 0.529. The normalized spacial score (nSPS) is 18.1. The summed E-state index contributed by atoms with van der Waals surface area (Å²) in [6, 6.07) is 9.12. The number of fused-ring (bicyclic) bond motifs is 1. The summed E-state index contributed by atoms with van der Waals surface area (Å²) >= 11 is 0. The average molecular weight is 285 g/mol. The van der Waals surface area contributed by atoms with Crippen molar-refractivity contribution in [3.63, 3.8) is 0 Å². The van der Waals surface area contributed by atoms with Crippen molar-refractivity contribution < 1.29 is 4.52 Å². The molecule has 112 valence electrons. The number of nitrogens with zero attached hydrogens (tertiary/aromatic N) is 3. The summed E-state index contributed by atoms with van der Waals surface area (Å²) in [6.07, 6.45) is 3.19. The van der Waals surface area contributed by atoms with Crippen molar-refractivity contribution >= 4 is 5.69 Å². The minimum absolute atomic E-state index is 0.500. The molecule has 3 rings (SSSR count). The van der Waals surface area contributed by atoms with E-state index in [1.54, 1.807) is 0 Å². The van der Waals surface area contributed by atoms with Gasteiger partial charge in [-0.1, -0.05) is 37.2 Å². The lowest BCUT2D eigenvalue weighted by atomic mass is 9.97. The van der Waals surface area contributed by atoms with Crippen LogP contribution < -0.4 is 4.90 Å². The van der Waals surface area contributed by atoms with E-state index in [2.05, 4.69) is 60.1 Å². The topological polar surface area (TPSA) is 42.2 Å². The molecule has 1 aliphatic heterocycles. The first-order chi connectivity index (χ1) is 10.1. The van der Waals surface area contributed by atoms with Crippen molar-refractivity contribution in [1.29, 1.82) is 0 Å². The van der Waals surface area contributed by atoms with Crippen LogP contribution in [0, 0.1) is 5.92 Å². The molecule has 1 unspecified atom stereocenters. The van der Waals surface area contributed by atoms with Gasteiger partial charge in [0, 0.05) is 18.2 Å². The van der Waals surface area contributed by atoms with Gasteiger partial charge in [-0.05, 0) is 37.3 Å². The molecule has 0 N–H and O–H groups in total. The number of rotatable bonds is 4. The molecule has 0 aliphatic carbocycles. The molecule has 21 heavy (non-hydrogen) atoms. The smallest absolute Gasteiger partial charge is 0.246 e. The highest BCUT2D eigenvalue weighted by Gasteiger charge is 2.24. The summed E-state index contributed by atoms with van der Waals surface area (Å²) in [5, 5.41) is 4.09. The zero-order chi connectivity index (χ0) is 14.8. The number of aromatic nitrogens is 2. The number of hydrogen-bond donors (Lipinski definition) is 0. The molecule has 0 radical (unpaired) electrons. The first-order valence-corrected chi connectivity index (χ1v) is 7.79. The molecule has 1 aromatic carbocycles. The Kier molecular flexibility index (Phi) is 3.95. The molecule has 4 heteroatoms. The zero-order valence-electron chi connectivity index (χ0n) is 13.0. The molecule has 1 aliphatic rings. The van der Waals surface area contributed by atoms with E-state index in [0.717, 1.165) is 18.7 Å². The Bertz CT molecular complexity index is 606. The number of para-hydroxylation sites is 1. The molecule has 0 saturated carbocycles. The molecule has 1 atom stereocenters. The number of benzene rings is 1. The fourth-order valence-electron chi connectivity index (χ4n) is 2.95. The summed E-state index contributed by atoms with van der Waals surface area (Å²) in [4.78, 5) is 6.91. The third-order valence-electron chi connectivity index (χ3n) is 4.07. The second-order valence-electron chi connectivity index (χ2n) is 6.35. The maximum Gasteiger partial charge on any atom is 0.246 e. The van der Waals surface area contributed by atoms with Gasteiger partial charge >= 0.3 is 0 Å². The van der Waals surface area contributed by atoms with Crippen molar-refractivity contribution in [2.45, 2.75) is 52.6 Å². The predicted octanol–water partition coefficient (Wildman–Crippen LogP) is 3.61. The Labute approximate surface area is 126 Å². The van der Waals surface area contributed by atoms with Crippen LogP contribution in [-0.2, 0) is 19.4 Å². The Morgan fingerprint density at radius 1 is 1.33 bits per heavy atom. The van der Waals surface area contributed by atoms with Gasteiger partial charge in [0.25, 0.3) is 0 Å². The van der Waals surface area contributed by atoms with E-state index < -0.39 is 0 Å². The molecule has 0 fully saturated rings. The minimum atomic E-state index is 0.500. The van der Waals surface area contributed by atoms with Gasteiger partial charge in [0.15, 0.2) is 5.82 Å². The zero-order valence-corrected chi connectivity index (χ0v) is 13.0. The summed E-state index contributed by atoms with van der Waals surface area (Å²) < 4.78 is 5.43. The van der Waals surface area contributed by atoms with E-state index in [9.17, 15) is 0 Å². The van der Waals surface area contributed by atoms with Gasteiger partial charge in [-0.3, -0.25) is 0 Å². The van der Waals surface area contributed by atoms with Gasteiger partial charge in [0.2, 0.25) is 5.89 Å². The van der Waals surface area contributed by atoms with Crippen LogP contribution in [0.4, 0.5) is 5.69 Å². The van der Waals surface area contributed by atoms with Crippen molar-refractivity contribution in [1.82, 2.24) is 10.1 Å². The summed E-state index contributed by atoms with van der Waals surface area (Å²) in [7, 11) is 0. The average Bonchev–Trinajstić information content (AvgIpc) is 2.88. The Balaban J connectivity index is 1.79. The van der Waals surface area contributed by atoms with Crippen molar-refractivity contribution in [3.8, 4) is 0 Å². The minimum Gasteiger partial charge on any atom is -0.359 e. The van der Waals surface area contributed by atoms with E-state index in [1.807, 2.05) is 0 Å². The highest BCUT2D eigenvalue weighted by molar-refractivity contribution is 5.56. The van der Waals surface area contributed by atoms with E-state index in [0.29, 0.717) is 24.4 Å². The van der Waals surface area contributed by atoms with Gasteiger partial charge in [0.1, 0.15) is 0 Å². The SMILES string of the molecule is CC(C)Cc1noc(CN2c3ccccc3CCC2C)n1. The lowest BCUT2D eigenvalue weighted by molar-refractivity contribution is 0.362. The first kappa shape index (κ1) is 14.1. The van der Waals surface area contributed by atoms with Crippen LogP contribution in [0.1, 0.15) is 44.5 Å². The van der Waals surface area contributed by atoms with Crippen LogP contribution >= 0.6 is 0 Å². The highest BCUT2D eigenvalue weighted by atomic mass is 16.5. The number of hydrogen-bond acceptors (Lipinski definition) is 4. The standard InChI is InChI=1S/C17H23N3O/c1-12(2)10-16-18-17(21-19-16)11-20-13(3)8-9-14-6-4-5-7-15(14)20/h4-7,12-13H,8-11H2,1-3H3. The molecule has 4 nitrogen and oxygen atoms in total. The lowest BCUT2D eigenvalue weighted by Gasteiger charge is -2.36. The van der Waals surface area contributed by atoms with Crippen molar-refractivity contribution in [2.75, 3.05) is 4.90 Å². The van der Waals surface area contributed by atoms with E-state index in [4.69, 9.17) is 4.52 Å². The van der Waals surface area contributed by atoms with Crippen LogP contribution in [0.5, 0.6) is 0 Å². The lowest BCUT2D eigenvalue weighted by Crippen LogP contribution is -2.36. The fourth-order valence-corrected chi connectivity index (χ4v) is 2.95. The summed E-state index contributed by atoms with van der Waals surface area (Å²) in [5.41, 5.74) is 2.72. The number of aryl methyl sites for hydroxylation is 1. The Morgan fingerprint density at radius 2 is 2.14 bits per heavy atom. The summed E-state index contributed by atoms with van der Waals surface area (Å²) in [5.74, 6) is 2.08. The maximum absolute atomic E-state index is 5.43. The van der Waals surface area contributed by atoms with Crippen molar-refractivity contribution in [3.05, 3.63) is 41.5 Å². The van der Waals surface area contributed by atoms with Crippen LogP contribution in [0.3, 0.4) is 0 Å². The van der Waals surface area contributed by atoms with Crippen LogP contribution in [0.15, 0.2) is 28.8 Å². The van der Waals surface area contributed by atoms with E-state index >= 15 is 0 Å². The number of anilines is 1. The van der Waals surface area contributed by atoms with Crippen LogP contribution in [0.25, 0.3) is 0 Å². The maximum atomic E-state index is 5.43. The largest absolute Gasteiger partial charge is 0.359 e. The molecule has 2 heterocycles. The van der Waals surface area contributed by atoms with E-state index in [-0.39, 0.29) is 0 Å². The van der Waals surface area contributed by atoms with Crippen LogP contribution in [-0.4, -0.2) is 16.2 Å². The highest BCUT2D eigenvalue weighted by Crippen LogP contribution is 2.31. The van der Waals surface area contributed by atoms with Gasteiger partial charge < -0.3 is 9.42 Å². The van der Waals surface area contributed by atoms with E-state index in [1.165, 1.54) is 17.7 Å². The molecular formula is C17H23N3O. The second-order valence-corrected chi connectivity index (χ2v) is 6.35. The van der Waals surface area contributed by atoms with Gasteiger partial charge in [-0.2, -0.15) is 4.98 Å². The third kappa shape index (κ3) is 3.09. The second kappa shape index (κ2) is 5.88. The summed E-state index contributed by atoms with van der Waals surface area (Å²) in [6.45, 7) is 7.29. The van der Waals surface area contributed by atoms with Gasteiger partial charge in [-0.15, -0.1) is 0 Å².